The smallest absolute Gasteiger partial charge is 0.223 e. The van der Waals surface area contributed by atoms with Gasteiger partial charge < -0.3 is 9.64 Å². The van der Waals surface area contributed by atoms with E-state index < -0.39 is 9.84 Å². The van der Waals surface area contributed by atoms with Crippen LogP contribution >= 0.6 is 11.3 Å². The number of aryl methyl sites for hydroxylation is 1. The van der Waals surface area contributed by atoms with Crippen molar-refractivity contribution in [1.82, 2.24) is 4.90 Å². The summed E-state index contributed by atoms with van der Waals surface area (Å²) in [7, 11) is -1.36. The molecule has 1 aromatic heterocycles. The summed E-state index contributed by atoms with van der Waals surface area (Å²) in [6, 6.07) is 3.83. The van der Waals surface area contributed by atoms with Gasteiger partial charge in [0, 0.05) is 37.6 Å². The first-order valence-electron chi connectivity index (χ1n) is 7.53. The van der Waals surface area contributed by atoms with Crippen LogP contribution in [0, 0.1) is 0 Å². The van der Waals surface area contributed by atoms with Gasteiger partial charge in [0.15, 0.2) is 9.84 Å². The van der Waals surface area contributed by atoms with Crippen molar-refractivity contribution in [2.24, 2.45) is 0 Å². The third-order valence-electron chi connectivity index (χ3n) is 3.88. The Morgan fingerprint density at radius 1 is 1.50 bits per heavy atom. The summed E-state index contributed by atoms with van der Waals surface area (Å²) in [5, 5.41) is 2.00. The van der Waals surface area contributed by atoms with Crippen molar-refractivity contribution in [2.75, 3.05) is 31.8 Å². The predicted octanol–water partition coefficient (Wildman–Crippen LogP) is 1.73. The fourth-order valence-electron chi connectivity index (χ4n) is 2.74. The summed E-state index contributed by atoms with van der Waals surface area (Å²) in [5.74, 6) is 0.341. The first kappa shape index (κ1) is 17.4. The van der Waals surface area contributed by atoms with E-state index in [2.05, 4.69) is 0 Å². The van der Waals surface area contributed by atoms with Gasteiger partial charge in [-0.2, -0.15) is 0 Å². The number of amides is 1. The van der Waals surface area contributed by atoms with Crippen LogP contribution in [0.15, 0.2) is 17.5 Å². The number of sulfone groups is 1. The van der Waals surface area contributed by atoms with Crippen molar-refractivity contribution in [2.45, 2.75) is 31.7 Å². The fourth-order valence-corrected chi connectivity index (χ4v) is 5.18. The summed E-state index contributed by atoms with van der Waals surface area (Å²) in [6.07, 6.45) is 2.44. The van der Waals surface area contributed by atoms with Crippen molar-refractivity contribution < 1.29 is 17.9 Å². The zero-order chi connectivity index (χ0) is 16.0. The van der Waals surface area contributed by atoms with Gasteiger partial charge in [-0.1, -0.05) is 6.07 Å². The Morgan fingerprint density at radius 3 is 2.91 bits per heavy atom. The van der Waals surface area contributed by atoms with E-state index in [0.29, 0.717) is 26.0 Å². The number of carbonyl (C=O) groups excluding carboxylic acids is 1. The molecular formula is C15H23NO4S2. The van der Waals surface area contributed by atoms with Crippen LogP contribution in [0.5, 0.6) is 0 Å². The number of thiophene rings is 1. The van der Waals surface area contributed by atoms with Crippen LogP contribution in [0.25, 0.3) is 0 Å². The van der Waals surface area contributed by atoms with Crippen LogP contribution in [-0.4, -0.2) is 57.0 Å². The number of methoxy groups -OCH3 is 1. The van der Waals surface area contributed by atoms with Crippen molar-refractivity contribution in [3.8, 4) is 0 Å². The van der Waals surface area contributed by atoms with E-state index >= 15 is 0 Å². The summed E-state index contributed by atoms with van der Waals surface area (Å²) in [6.45, 7) is 1.14. The second-order valence-electron chi connectivity index (χ2n) is 5.57. The molecule has 1 amide bonds. The topological polar surface area (TPSA) is 63.7 Å². The molecule has 1 fully saturated rings. The molecule has 1 atom stereocenters. The van der Waals surface area contributed by atoms with Gasteiger partial charge >= 0.3 is 0 Å². The minimum absolute atomic E-state index is 0.0478. The first-order valence-corrected chi connectivity index (χ1v) is 10.2. The molecular weight excluding hydrogens is 322 g/mol. The molecule has 0 spiro atoms. The Morgan fingerprint density at radius 2 is 2.32 bits per heavy atom. The number of hydrogen-bond donors (Lipinski definition) is 0. The molecule has 5 nitrogen and oxygen atoms in total. The molecule has 124 valence electrons. The molecule has 0 saturated carbocycles. The zero-order valence-electron chi connectivity index (χ0n) is 12.9. The lowest BCUT2D eigenvalue weighted by Gasteiger charge is -2.28. The van der Waals surface area contributed by atoms with Gasteiger partial charge in [0.25, 0.3) is 0 Å². The highest BCUT2D eigenvalue weighted by atomic mass is 32.2. The molecule has 0 aromatic carbocycles. The fraction of sp³-hybridized carbons (Fsp3) is 0.667. The van der Waals surface area contributed by atoms with Crippen LogP contribution in [-0.2, 0) is 25.8 Å². The van der Waals surface area contributed by atoms with Crippen LogP contribution in [0.2, 0.25) is 0 Å². The average Bonchev–Trinajstić information content (AvgIpc) is 3.10. The van der Waals surface area contributed by atoms with E-state index in [0.717, 1.165) is 12.8 Å². The van der Waals surface area contributed by atoms with Gasteiger partial charge in [-0.25, -0.2) is 8.42 Å². The van der Waals surface area contributed by atoms with Gasteiger partial charge in [0.05, 0.1) is 11.5 Å². The third-order valence-corrected chi connectivity index (χ3v) is 6.57. The van der Waals surface area contributed by atoms with Gasteiger partial charge in [-0.15, -0.1) is 11.3 Å². The van der Waals surface area contributed by atoms with E-state index in [-0.39, 0.29) is 23.5 Å². The van der Waals surface area contributed by atoms with Crippen molar-refractivity contribution in [3.63, 3.8) is 0 Å². The molecule has 0 N–H and O–H groups in total. The van der Waals surface area contributed by atoms with E-state index in [1.54, 1.807) is 23.3 Å². The molecule has 7 heteroatoms. The number of carbonyl (C=O) groups is 1. The zero-order valence-corrected chi connectivity index (χ0v) is 14.5. The van der Waals surface area contributed by atoms with Crippen molar-refractivity contribution >= 4 is 27.1 Å². The SMILES string of the molecule is COCCCN(C(=O)CCc1cccs1)[C@@H]1CCS(=O)(=O)C1. The van der Waals surface area contributed by atoms with Gasteiger partial charge in [-0.3, -0.25) is 4.79 Å². The van der Waals surface area contributed by atoms with E-state index in [1.165, 1.54) is 4.88 Å². The highest BCUT2D eigenvalue weighted by Crippen LogP contribution is 2.20. The Hall–Kier alpha value is -0.920. The lowest BCUT2D eigenvalue weighted by molar-refractivity contribution is -0.133. The van der Waals surface area contributed by atoms with Crippen LogP contribution in [0.4, 0.5) is 0 Å². The molecule has 0 bridgehead atoms. The Kier molecular flexibility index (Phi) is 6.40. The average molecular weight is 345 g/mol. The van der Waals surface area contributed by atoms with Gasteiger partial charge in [0.2, 0.25) is 5.91 Å². The van der Waals surface area contributed by atoms with Gasteiger partial charge in [-0.05, 0) is 30.7 Å². The van der Waals surface area contributed by atoms with E-state index in [4.69, 9.17) is 4.74 Å². The maximum atomic E-state index is 12.5. The highest BCUT2D eigenvalue weighted by Gasteiger charge is 2.34. The molecule has 22 heavy (non-hydrogen) atoms. The lowest BCUT2D eigenvalue weighted by Crippen LogP contribution is -2.42. The molecule has 1 aromatic rings. The molecule has 2 heterocycles. The second-order valence-corrected chi connectivity index (χ2v) is 8.83. The maximum absolute atomic E-state index is 12.5. The Labute approximate surface area is 136 Å². The normalized spacial score (nSPS) is 20.1. The minimum atomic E-state index is -2.99. The van der Waals surface area contributed by atoms with Crippen molar-refractivity contribution in [1.29, 1.82) is 0 Å². The lowest BCUT2D eigenvalue weighted by atomic mass is 10.1. The predicted molar refractivity (Wildman–Crippen MR) is 87.9 cm³/mol. The first-order chi connectivity index (χ1) is 10.5. The molecule has 1 saturated heterocycles. The van der Waals surface area contributed by atoms with Gasteiger partial charge in [0.1, 0.15) is 0 Å². The number of rotatable bonds is 8. The number of nitrogens with zero attached hydrogens (tertiary/aromatic N) is 1. The molecule has 0 aliphatic carbocycles. The largest absolute Gasteiger partial charge is 0.385 e. The second kappa shape index (κ2) is 8.08. The monoisotopic (exact) mass is 345 g/mol. The summed E-state index contributed by atoms with van der Waals surface area (Å²) >= 11 is 1.64. The number of hydrogen-bond acceptors (Lipinski definition) is 5. The van der Waals surface area contributed by atoms with Crippen molar-refractivity contribution in [3.05, 3.63) is 22.4 Å². The molecule has 1 aliphatic rings. The summed E-state index contributed by atoms with van der Waals surface area (Å²) in [4.78, 5) is 15.5. The van der Waals surface area contributed by atoms with E-state index in [9.17, 15) is 13.2 Å². The third kappa shape index (κ3) is 5.07. The molecule has 1 aliphatic heterocycles. The number of ether oxygens (including phenoxy) is 1. The van der Waals surface area contributed by atoms with Crippen LogP contribution in [0.1, 0.15) is 24.1 Å². The quantitative estimate of drug-likeness (QED) is 0.673. The van der Waals surface area contributed by atoms with E-state index in [1.807, 2.05) is 17.5 Å². The molecule has 0 unspecified atom stereocenters. The maximum Gasteiger partial charge on any atom is 0.223 e. The van der Waals surface area contributed by atoms with Crippen LogP contribution in [0.3, 0.4) is 0 Å². The summed E-state index contributed by atoms with van der Waals surface area (Å²) < 4.78 is 28.4. The van der Waals surface area contributed by atoms with Crippen LogP contribution < -0.4 is 0 Å². The molecule has 2 rings (SSSR count). The standard InChI is InChI=1S/C15H23NO4S2/c1-20-9-3-8-16(13-7-11-22(18,19)12-13)15(17)6-5-14-4-2-10-21-14/h2,4,10,13H,3,5-9,11-12H2,1H3/t13-/m1/s1. The Bertz CT molecular complexity index is 568. The molecule has 0 radical (unpaired) electrons. The minimum Gasteiger partial charge on any atom is -0.385 e. The Balaban J connectivity index is 1.95. The summed E-state index contributed by atoms with van der Waals surface area (Å²) in [5.41, 5.74) is 0. The highest BCUT2D eigenvalue weighted by molar-refractivity contribution is 7.91.